The van der Waals surface area contributed by atoms with Crippen LogP contribution >= 0.6 is 0 Å². The largest absolute Gasteiger partial charge is 0.497 e. The summed E-state index contributed by atoms with van der Waals surface area (Å²) in [7, 11) is 3.82. The zero-order valence-electron chi connectivity index (χ0n) is 17.9. The van der Waals surface area contributed by atoms with Crippen molar-refractivity contribution in [1.29, 1.82) is 0 Å². The number of nitrogens with zero attached hydrogens (tertiary/aromatic N) is 2. The molecular weight excluding hydrogens is 379 g/mol. The smallest absolute Gasteiger partial charge is 0.123 e. The molecule has 0 amide bonds. The molecular formula is C25H29FN2O2. The number of hydrogen-bond acceptors (Lipinski definition) is 4. The van der Waals surface area contributed by atoms with E-state index in [2.05, 4.69) is 23.9 Å². The van der Waals surface area contributed by atoms with Crippen LogP contribution in [0.4, 0.5) is 4.39 Å². The lowest BCUT2D eigenvalue weighted by molar-refractivity contribution is 0.00690. The second-order valence-corrected chi connectivity index (χ2v) is 8.34. The third kappa shape index (κ3) is 4.18. The lowest BCUT2D eigenvalue weighted by Crippen LogP contribution is -2.44. The number of ether oxygens (including phenoxy) is 2. The summed E-state index contributed by atoms with van der Waals surface area (Å²) in [6.45, 7) is 4.65. The predicted molar refractivity (Wildman–Crippen MR) is 117 cm³/mol. The molecule has 0 bridgehead atoms. The Labute approximate surface area is 177 Å². The lowest BCUT2D eigenvalue weighted by atomic mass is 9.73. The highest BCUT2D eigenvalue weighted by Gasteiger charge is 2.36. The molecule has 0 spiro atoms. The fourth-order valence-electron chi connectivity index (χ4n) is 4.36. The van der Waals surface area contributed by atoms with Crippen LogP contribution < -0.4 is 4.74 Å². The lowest BCUT2D eigenvalue weighted by Gasteiger charge is -2.41. The Bertz CT molecular complexity index is 998. The van der Waals surface area contributed by atoms with Crippen molar-refractivity contribution >= 4 is 10.9 Å². The third-order valence-corrected chi connectivity index (χ3v) is 6.39. The Kier molecular flexibility index (Phi) is 6.02. The van der Waals surface area contributed by atoms with Crippen molar-refractivity contribution in [2.45, 2.75) is 31.3 Å². The van der Waals surface area contributed by atoms with Gasteiger partial charge >= 0.3 is 0 Å². The van der Waals surface area contributed by atoms with Crippen LogP contribution in [0.25, 0.3) is 10.9 Å². The molecule has 1 unspecified atom stereocenters. The number of hydrogen-bond donors (Lipinski definition) is 0. The van der Waals surface area contributed by atoms with Crippen LogP contribution in [0.15, 0.2) is 54.7 Å². The van der Waals surface area contributed by atoms with Crippen LogP contribution in [0.1, 0.15) is 37.0 Å². The molecule has 30 heavy (non-hydrogen) atoms. The van der Waals surface area contributed by atoms with Crippen molar-refractivity contribution < 1.29 is 13.9 Å². The summed E-state index contributed by atoms with van der Waals surface area (Å²) < 4.78 is 25.5. The Morgan fingerprint density at radius 3 is 2.57 bits per heavy atom. The van der Waals surface area contributed by atoms with E-state index < -0.39 is 0 Å². The Hall–Kier alpha value is -2.50. The number of aromatic nitrogens is 1. The molecule has 1 fully saturated rings. The monoisotopic (exact) mass is 408 g/mol. The van der Waals surface area contributed by atoms with Gasteiger partial charge in [0.1, 0.15) is 11.6 Å². The van der Waals surface area contributed by atoms with Gasteiger partial charge in [-0.15, -0.1) is 0 Å². The molecule has 0 aliphatic carbocycles. The molecule has 5 heteroatoms. The minimum absolute atomic E-state index is 0.115. The maximum absolute atomic E-state index is 13.5. The van der Waals surface area contributed by atoms with E-state index in [1.165, 1.54) is 0 Å². The van der Waals surface area contributed by atoms with E-state index in [-0.39, 0.29) is 17.3 Å². The van der Waals surface area contributed by atoms with Gasteiger partial charge in [-0.3, -0.25) is 4.98 Å². The van der Waals surface area contributed by atoms with E-state index >= 15 is 0 Å². The van der Waals surface area contributed by atoms with Crippen LogP contribution in [-0.2, 0) is 10.2 Å². The first-order valence-corrected chi connectivity index (χ1v) is 10.5. The van der Waals surface area contributed by atoms with Gasteiger partial charge in [-0.05, 0) is 75.8 Å². The van der Waals surface area contributed by atoms with E-state index in [0.717, 1.165) is 53.7 Å². The van der Waals surface area contributed by atoms with E-state index in [1.807, 2.05) is 42.6 Å². The number of piperidine rings is 1. The van der Waals surface area contributed by atoms with Gasteiger partial charge in [0.25, 0.3) is 0 Å². The number of rotatable bonds is 6. The molecule has 1 saturated heterocycles. The Morgan fingerprint density at radius 2 is 1.87 bits per heavy atom. The highest BCUT2D eigenvalue weighted by Crippen LogP contribution is 2.38. The fourth-order valence-corrected chi connectivity index (χ4v) is 4.36. The SMILES string of the molecule is COc1cc(C(C)OCC2(c3ccc(F)cc3)CCN(C)CC2)c2ncccc2c1. The number of pyridine rings is 1. The normalized spacial score (nSPS) is 17.7. The minimum atomic E-state index is -0.204. The number of halogens is 1. The third-order valence-electron chi connectivity index (χ3n) is 6.39. The van der Waals surface area contributed by atoms with Crippen molar-refractivity contribution in [3.05, 3.63) is 71.7 Å². The van der Waals surface area contributed by atoms with Gasteiger partial charge in [-0.25, -0.2) is 4.39 Å². The molecule has 1 aromatic heterocycles. The molecule has 2 aromatic carbocycles. The van der Waals surface area contributed by atoms with Gasteiger partial charge in [-0.2, -0.15) is 0 Å². The second kappa shape index (κ2) is 8.70. The van der Waals surface area contributed by atoms with E-state index in [1.54, 1.807) is 19.2 Å². The summed E-state index contributed by atoms with van der Waals surface area (Å²) in [4.78, 5) is 6.92. The van der Waals surface area contributed by atoms with Crippen molar-refractivity contribution in [2.24, 2.45) is 0 Å². The first-order valence-electron chi connectivity index (χ1n) is 10.5. The summed E-state index contributed by atoms with van der Waals surface area (Å²) in [6, 6.07) is 14.9. The summed E-state index contributed by atoms with van der Waals surface area (Å²) in [6.07, 6.45) is 3.63. The standard InChI is InChI=1S/C25H29FN2O2/c1-18(23-16-22(29-3)15-19-5-4-12-27-24(19)23)30-17-25(10-13-28(2)14-11-25)20-6-8-21(26)9-7-20/h4-9,12,15-16,18H,10-11,13-14,17H2,1-3H3. The topological polar surface area (TPSA) is 34.6 Å². The molecule has 4 nitrogen and oxygen atoms in total. The van der Waals surface area contributed by atoms with Crippen LogP contribution in [-0.4, -0.2) is 43.7 Å². The number of benzene rings is 2. The minimum Gasteiger partial charge on any atom is -0.497 e. The van der Waals surface area contributed by atoms with Crippen LogP contribution in [0.3, 0.4) is 0 Å². The zero-order valence-corrected chi connectivity index (χ0v) is 17.9. The van der Waals surface area contributed by atoms with Gasteiger partial charge in [0.15, 0.2) is 0 Å². The Morgan fingerprint density at radius 1 is 1.13 bits per heavy atom. The van der Waals surface area contributed by atoms with Gasteiger partial charge in [0, 0.05) is 22.6 Å². The van der Waals surface area contributed by atoms with Crippen LogP contribution in [0.5, 0.6) is 5.75 Å². The molecule has 0 radical (unpaired) electrons. The maximum atomic E-state index is 13.5. The van der Waals surface area contributed by atoms with Crippen LogP contribution in [0, 0.1) is 5.82 Å². The van der Waals surface area contributed by atoms with Crippen LogP contribution in [0.2, 0.25) is 0 Å². The van der Waals surface area contributed by atoms with E-state index in [9.17, 15) is 4.39 Å². The summed E-state index contributed by atoms with van der Waals surface area (Å²) >= 11 is 0. The summed E-state index contributed by atoms with van der Waals surface area (Å²) in [5.41, 5.74) is 2.99. The molecule has 2 heterocycles. The summed E-state index contributed by atoms with van der Waals surface area (Å²) in [5.74, 6) is 0.596. The molecule has 1 atom stereocenters. The summed E-state index contributed by atoms with van der Waals surface area (Å²) in [5, 5.41) is 1.04. The predicted octanol–water partition coefficient (Wildman–Crippen LogP) is 5.12. The van der Waals surface area contributed by atoms with E-state index in [0.29, 0.717) is 6.61 Å². The molecule has 4 rings (SSSR count). The van der Waals surface area contributed by atoms with Crippen molar-refractivity contribution in [2.75, 3.05) is 33.9 Å². The quantitative estimate of drug-likeness (QED) is 0.567. The van der Waals surface area contributed by atoms with Crippen molar-refractivity contribution in [3.63, 3.8) is 0 Å². The van der Waals surface area contributed by atoms with Gasteiger partial charge in [0.05, 0.1) is 25.3 Å². The molecule has 3 aromatic rings. The van der Waals surface area contributed by atoms with Gasteiger partial charge in [-0.1, -0.05) is 18.2 Å². The zero-order chi connectivity index (χ0) is 21.1. The average Bonchev–Trinajstić information content (AvgIpc) is 2.78. The average molecular weight is 409 g/mol. The number of likely N-dealkylation sites (tertiary alicyclic amines) is 1. The fraction of sp³-hybridized carbons (Fsp3) is 0.400. The highest BCUT2D eigenvalue weighted by molar-refractivity contribution is 5.83. The Balaban J connectivity index is 1.61. The first-order chi connectivity index (χ1) is 14.5. The first kappa shape index (κ1) is 20.8. The number of fused-ring (bicyclic) bond motifs is 1. The molecule has 0 N–H and O–H groups in total. The molecule has 1 aliphatic rings. The molecule has 1 aliphatic heterocycles. The van der Waals surface area contributed by atoms with E-state index in [4.69, 9.17) is 9.47 Å². The molecule has 0 saturated carbocycles. The van der Waals surface area contributed by atoms with Crippen molar-refractivity contribution in [3.8, 4) is 5.75 Å². The van der Waals surface area contributed by atoms with Gasteiger partial charge in [0.2, 0.25) is 0 Å². The van der Waals surface area contributed by atoms with Gasteiger partial charge < -0.3 is 14.4 Å². The van der Waals surface area contributed by atoms with Crippen molar-refractivity contribution in [1.82, 2.24) is 9.88 Å². The molecule has 158 valence electrons. The highest BCUT2D eigenvalue weighted by atomic mass is 19.1. The second-order valence-electron chi connectivity index (χ2n) is 8.34. The maximum Gasteiger partial charge on any atom is 0.123 e. The number of methoxy groups -OCH3 is 1.